The van der Waals surface area contributed by atoms with E-state index in [4.69, 9.17) is 0 Å². The van der Waals surface area contributed by atoms with Gasteiger partial charge >= 0.3 is 0 Å². The first-order valence-corrected chi connectivity index (χ1v) is 8.11. The number of hydrogen-bond donors (Lipinski definition) is 2. The number of hydrogen-bond acceptors (Lipinski definition) is 5. The molecule has 23 heavy (non-hydrogen) atoms. The van der Waals surface area contributed by atoms with Crippen LogP contribution in [0.3, 0.4) is 0 Å². The molecule has 2 aromatic rings. The predicted octanol–water partition coefficient (Wildman–Crippen LogP) is 1.83. The summed E-state index contributed by atoms with van der Waals surface area (Å²) in [5, 5.41) is 17.7. The quantitative estimate of drug-likeness (QED) is 0.879. The molecule has 0 radical (unpaired) electrons. The topological polar surface area (TPSA) is 84.7 Å². The zero-order valence-corrected chi connectivity index (χ0v) is 13.3. The van der Waals surface area contributed by atoms with Crippen LogP contribution in [0.2, 0.25) is 0 Å². The number of carbonyl (C=O) groups excluding carboxylic acids is 1. The van der Waals surface area contributed by atoms with E-state index in [1.165, 1.54) is 19.3 Å². The summed E-state index contributed by atoms with van der Waals surface area (Å²) in [6.07, 6.45) is 5.91. The minimum Gasteiger partial charge on any atom is -0.376 e. The molecule has 0 atom stereocenters. The fraction of sp³-hybridized carbons (Fsp3) is 0.500. The molecule has 122 valence electrons. The summed E-state index contributed by atoms with van der Waals surface area (Å²) in [5.41, 5.74) is 1.74. The van der Waals surface area contributed by atoms with Crippen LogP contribution in [-0.2, 0) is 4.79 Å². The molecule has 1 saturated carbocycles. The van der Waals surface area contributed by atoms with Crippen molar-refractivity contribution < 1.29 is 4.79 Å². The van der Waals surface area contributed by atoms with Crippen LogP contribution in [0.15, 0.2) is 24.3 Å². The fourth-order valence-electron chi connectivity index (χ4n) is 2.93. The molecule has 1 amide bonds. The lowest BCUT2D eigenvalue weighted by Crippen LogP contribution is -2.39. The second-order valence-corrected chi connectivity index (χ2v) is 5.94. The van der Waals surface area contributed by atoms with Crippen molar-refractivity contribution in [2.45, 2.75) is 45.1 Å². The number of aryl methyl sites for hydroxylation is 1. The summed E-state index contributed by atoms with van der Waals surface area (Å²) in [6, 6.07) is 8.04. The van der Waals surface area contributed by atoms with E-state index in [1.54, 1.807) is 4.68 Å². The van der Waals surface area contributed by atoms with Crippen molar-refractivity contribution in [2.24, 2.45) is 0 Å². The van der Waals surface area contributed by atoms with E-state index in [2.05, 4.69) is 26.2 Å². The summed E-state index contributed by atoms with van der Waals surface area (Å²) in [4.78, 5) is 12.0. The van der Waals surface area contributed by atoms with Crippen LogP contribution >= 0.6 is 0 Å². The first-order valence-electron chi connectivity index (χ1n) is 8.11. The van der Waals surface area contributed by atoms with Crippen LogP contribution in [0.5, 0.6) is 0 Å². The fourth-order valence-corrected chi connectivity index (χ4v) is 2.93. The Kier molecular flexibility index (Phi) is 4.85. The number of benzene rings is 1. The Hall–Kier alpha value is -2.44. The third-order valence-corrected chi connectivity index (χ3v) is 4.14. The molecule has 0 aliphatic heterocycles. The van der Waals surface area contributed by atoms with Gasteiger partial charge in [-0.15, -0.1) is 5.10 Å². The molecule has 7 nitrogen and oxygen atoms in total. The minimum atomic E-state index is 0.0425. The zero-order valence-electron chi connectivity index (χ0n) is 13.3. The number of anilines is 1. The van der Waals surface area contributed by atoms with E-state index >= 15 is 0 Å². The number of aromatic nitrogens is 4. The molecule has 0 saturated heterocycles. The number of amides is 1. The van der Waals surface area contributed by atoms with E-state index in [-0.39, 0.29) is 12.5 Å². The SMILES string of the molecule is Cc1nnnn1-c1cccc(NCC(=O)NC2CCCCC2)c1. The van der Waals surface area contributed by atoms with Gasteiger partial charge in [0.05, 0.1) is 12.2 Å². The predicted molar refractivity (Wildman–Crippen MR) is 87.4 cm³/mol. The summed E-state index contributed by atoms with van der Waals surface area (Å²) in [6.45, 7) is 2.12. The van der Waals surface area contributed by atoms with Gasteiger partial charge in [0, 0.05) is 11.7 Å². The van der Waals surface area contributed by atoms with Crippen LogP contribution in [0.4, 0.5) is 5.69 Å². The van der Waals surface area contributed by atoms with Gasteiger partial charge in [-0.2, -0.15) is 4.68 Å². The average molecular weight is 314 g/mol. The van der Waals surface area contributed by atoms with E-state index in [0.29, 0.717) is 6.04 Å². The highest BCUT2D eigenvalue weighted by Crippen LogP contribution is 2.17. The van der Waals surface area contributed by atoms with Crippen LogP contribution < -0.4 is 10.6 Å². The van der Waals surface area contributed by atoms with Crippen LogP contribution in [0, 0.1) is 6.92 Å². The van der Waals surface area contributed by atoms with Crippen LogP contribution in [0.1, 0.15) is 37.9 Å². The first-order chi connectivity index (χ1) is 11.2. The van der Waals surface area contributed by atoms with Crippen molar-refractivity contribution in [1.82, 2.24) is 25.5 Å². The summed E-state index contributed by atoms with van der Waals surface area (Å²) in [7, 11) is 0. The monoisotopic (exact) mass is 314 g/mol. The molecule has 1 heterocycles. The molecular formula is C16H22N6O. The molecule has 1 aliphatic carbocycles. The smallest absolute Gasteiger partial charge is 0.239 e. The number of nitrogens with zero attached hydrogens (tertiary/aromatic N) is 4. The molecule has 0 spiro atoms. The summed E-state index contributed by atoms with van der Waals surface area (Å²) in [5.74, 6) is 0.762. The van der Waals surface area contributed by atoms with Crippen molar-refractivity contribution >= 4 is 11.6 Å². The van der Waals surface area contributed by atoms with E-state index in [1.807, 2.05) is 31.2 Å². The van der Waals surface area contributed by atoms with Crippen LogP contribution in [-0.4, -0.2) is 38.7 Å². The van der Waals surface area contributed by atoms with Crippen molar-refractivity contribution in [1.29, 1.82) is 0 Å². The van der Waals surface area contributed by atoms with Gasteiger partial charge in [0.1, 0.15) is 0 Å². The van der Waals surface area contributed by atoms with Gasteiger partial charge < -0.3 is 10.6 Å². The molecule has 3 rings (SSSR count). The largest absolute Gasteiger partial charge is 0.376 e. The Morgan fingerprint density at radius 1 is 1.30 bits per heavy atom. The molecule has 0 bridgehead atoms. The van der Waals surface area contributed by atoms with Gasteiger partial charge in [-0.3, -0.25) is 4.79 Å². The molecule has 1 aromatic carbocycles. The molecule has 7 heteroatoms. The maximum Gasteiger partial charge on any atom is 0.239 e. The van der Waals surface area contributed by atoms with Crippen molar-refractivity contribution in [3.05, 3.63) is 30.1 Å². The van der Waals surface area contributed by atoms with E-state index in [0.717, 1.165) is 30.0 Å². The molecule has 0 unspecified atom stereocenters. The van der Waals surface area contributed by atoms with Crippen molar-refractivity contribution in [2.75, 3.05) is 11.9 Å². The van der Waals surface area contributed by atoms with Gasteiger partial charge in [0.15, 0.2) is 5.82 Å². The van der Waals surface area contributed by atoms with Gasteiger partial charge in [-0.05, 0) is 48.4 Å². The van der Waals surface area contributed by atoms with Gasteiger partial charge in [-0.1, -0.05) is 25.3 Å². The summed E-state index contributed by atoms with van der Waals surface area (Å²) < 4.78 is 1.66. The Morgan fingerprint density at radius 3 is 2.87 bits per heavy atom. The number of carbonyl (C=O) groups is 1. The second-order valence-electron chi connectivity index (χ2n) is 5.94. The standard InChI is InChI=1S/C16H22N6O/c1-12-19-20-21-22(12)15-9-5-8-14(10-15)17-11-16(23)18-13-6-3-2-4-7-13/h5,8-10,13,17H,2-4,6-7,11H2,1H3,(H,18,23). The van der Waals surface area contributed by atoms with Crippen molar-refractivity contribution in [3.8, 4) is 5.69 Å². The maximum atomic E-state index is 12.0. The number of nitrogens with one attached hydrogen (secondary N) is 2. The first kappa shape index (κ1) is 15.5. The highest BCUT2D eigenvalue weighted by atomic mass is 16.1. The minimum absolute atomic E-state index is 0.0425. The Labute approximate surface area is 135 Å². The summed E-state index contributed by atoms with van der Waals surface area (Å²) >= 11 is 0. The Balaban J connectivity index is 1.56. The molecule has 1 aromatic heterocycles. The number of rotatable bonds is 5. The zero-order chi connectivity index (χ0) is 16.1. The second kappa shape index (κ2) is 7.21. The average Bonchev–Trinajstić information content (AvgIpc) is 3.00. The van der Waals surface area contributed by atoms with E-state index < -0.39 is 0 Å². The third-order valence-electron chi connectivity index (χ3n) is 4.14. The van der Waals surface area contributed by atoms with Gasteiger partial charge in [-0.25, -0.2) is 0 Å². The third kappa shape index (κ3) is 4.06. The van der Waals surface area contributed by atoms with Crippen molar-refractivity contribution in [3.63, 3.8) is 0 Å². The Bertz CT molecular complexity index is 662. The lowest BCUT2D eigenvalue weighted by Gasteiger charge is -2.22. The molecule has 1 fully saturated rings. The highest BCUT2D eigenvalue weighted by Gasteiger charge is 2.15. The lowest BCUT2D eigenvalue weighted by atomic mass is 9.95. The molecule has 2 N–H and O–H groups in total. The van der Waals surface area contributed by atoms with E-state index in [9.17, 15) is 4.79 Å². The molecular weight excluding hydrogens is 292 g/mol. The molecule has 1 aliphatic rings. The lowest BCUT2D eigenvalue weighted by molar-refractivity contribution is -0.120. The normalized spacial score (nSPS) is 15.3. The maximum absolute atomic E-state index is 12.0. The number of tetrazole rings is 1. The van der Waals surface area contributed by atoms with Crippen LogP contribution in [0.25, 0.3) is 5.69 Å². The van der Waals surface area contributed by atoms with Gasteiger partial charge in [0.25, 0.3) is 0 Å². The van der Waals surface area contributed by atoms with Gasteiger partial charge in [0.2, 0.25) is 5.91 Å². The Morgan fingerprint density at radius 2 is 2.13 bits per heavy atom. The highest BCUT2D eigenvalue weighted by molar-refractivity contribution is 5.81.